The van der Waals surface area contributed by atoms with Crippen LogP contribution < -0.4 is 0 Å². The van der Waals surface area contributed by atoms with Crippen LogP contribution in [0.4, 0.5) is 0 Å². The summed E-state index contributed by atoms with van der Waals surface area (Å²) in [5.41, 5.74) is 1.11. The van der Waals surface area contributed by atoms with Crippen LogP contribution in [0.25, 0.3) is 11.0 Å². The van der Waals surface area contributed by atoms with E-state index in [0.717, 1.165) is 9.86 Å². The lowest BCUT2D eigenvalue weighted by Gasteiger charge is -1.99. The fraction of sp³-hybridized carbons (Fsp3) is 0. The van der Waals surface area contributed by atoms with Gasteiger partial charge in [0.05, 0.1) is 5.02 Å². The maximum atomic E-state index is 12.4. The number of furan rings is 1. The Morgan fingerprint density at radius 2 is 1.89 bits per heavy atom. The molecule has 0 amide bonds. The molecule has 3 rings (SSSR count). The molecule has 0 unspecified atom stereocenters. The molecule has 2 nitrogen and oxygen atoms in total. The van der Waals surface area contributed by atoms with Crippen LogP contribution in [0.3, 0.4) is 0 Å². The Balaban J connectivity index is 2.12. The summed E-state index contributed by atoms with van der Waals surface area (Å²) in [7, 11) is 0. The van der Waals surface area contributed by atoms with Gasteiger partial charge in [-0.2, -0.15) is 0 Å². The Labute approximate surface area is 123 Å². The Bertz CT molecular complexity index is 777. The molecule has 3 aromatic rings. The number of hydrogen-bond donors (Lipinski definition) is 0. The first-order chi connectivity index (χ1) is 9.16. The van der Waals surface area contributed by atoms with Crippen LogP contribution in [0.15, 0.2) is 57.4 Å². The summed E-state index contributed by atoms with van der Waals surface area (Å²) in [6.45, 7) is 0. The van der Waals surface area contributed by atoms with Crippen LogP contribution in [-0.2, 0) is 0 Å². The third kappa shape index (κ3) is 2.20. The Morgan fingerprint density at radius 1 is 1.11 bits per heavy atom. The van der Waals surface area contributed by atoms with Crippen molar-refractivity contribution in [3.05, 3.63) is 69.3 Å². The summed E-state index contributed by atoms with van der Waals surface area (Å²) in [5, 5.41) is 1.33. The smallest absolute Gasteiger partial charge is 0.229 e. The van der Waals surface area contributed by atoms with E-state index in [9.17, 15) is 4.79 Å². The molecule has 0 aliphatic carbocycles. The summed E-state index contributed by atoms with van der Waals surface area (Å²) in [6, 6.07) is 14.4. The first-order valence-corrected chi connectivity index (χ1v) is 6.81. The number of hydrogen-bond acceptors (Lipinski definition) is 2. The number of carbonyl (C=O) groups is 1. The molecular formula is C15H8BrClO2. The highest BCUT2D eigenvalue weighted by Gasteiger charge is 2.17. The summed E-state index contributed by atoms with van der Waals surface area (Å²) in [4.78, 5) is 12.4. The van der Waals surface area contributed by atoms with Gasteiger partial charge in [-0.05, 0) is 24.3 Å². The molecule has 0 aliphatic rings. The number of halogens is 2. The monoisotopic (exact) mass is 334 g/mol. The minimum atomic E-state index is -0.167. The van der Waals surface area contributed by atoms with Gasteiger partial charge in [-0.3, -0.25) is 4.79 Å². The van der Waals surface area contributed by atoms with Gasteiger partial charge in [-0.1, -0.05) is 51.8 Å². The van der Waals surface area contributed by atoms with Crippen molar-refractivity contribution >= 4 is 44.3 Å². The highest BCUT2D eigenvalue weighted by atomic mass is 79.9. The van der Waals surface area contributed by atoms with E-state index in [1.807, 2.05) is 30.3 Å². The van der Waals surface area contributed by atoms with Gasteiger partial charge < -0.3 is 4.42 Å². The lowest BCUT2D eigenvalue weighted by molar-refractivity contribution is 0.101. The molecule has 19 heavy (non-hydrogen) atoms. The average molecular weight is 336 g/mol. The van der Waals surface area contributed by atoms with Crippen LogP contribution in [0, 0.1) is 0 Å². The highest BCUT2D eigenvalue weighted by Crippen LogP contribution is 2.28. The second-order valence-corrected chi connectivity index (χ2v) is 5.34. The van der Waals surface area contributed by atoms with Crippen molar-refractivity contribution in [1.82, 2.24) is 0 Å². The third-order valence-corrected chi connectivity index (χ3v) is 3.83. The Morgan fingerprint density at radius 3 is 2.63 bits per heavy atom. The Kier molecular flexibility index (Phi) is 3.17. The second kappa shape index (κ2) is 4.83. The summed E-state index contributed by atoms with van der Waals surface area (Å²) in [6.07, 6.45) is 0. The number of carbonyl (C=O) groups excluding carboxylic acids is 1. The SMILES string of the molecule is O=C(c1cc2cccc(Cl)c2o1)c1ccccc1Br. The van der Waals surface area contributed by atoms with Gasteiger partial charge in [0, 0.05) is 15.4 Å². The molecule has 1 aromatic heterocycles. The van der Waals surface area contributed by atoms with Crippen LogP contribution in [0.2, 0.25) is 5.02 Å². The fourth-order valence-corrected chi connectivity index (χ4v) is 2.60. The predicted molar refractivity (Wildman–Crippen MR) is 78.8 cm³/mol. The van der Waals surface area contributed by atoms with E-state index < -0.39 is 0 Å². The van der Waals surface area contributed by atoms with Crippen molar-refractivity contribution < 1.29 is 9.21 Å². The fourth-order valence-electron chi connectivity index (χ4n) is 1.92. The molecule has 0 bridgehead atoms. The molecule has 0 spiro atoms. The second-order valence-electron chi connectivity index (χ2n) is 4.08. The molecule has 2 aromatic carbocycles. The third-order valence-electron chi connectivity index (χ3n) is 2.84. The van der Waals surface area contributed by atoms with Crippen LogP contribution >= 0.6 is 27.5 Å². The van der Waals surface area contributed by atoms with Gasteiger partial charge in [0.1, 0.15) is 0 Å². The lowest BCUT2D eigenvalue weighted by Crippen LogP contribution is -2.00. The molecule has 0 saturated carbocycles. The molecule has 94 valence electrons. The van der Waals surface area contributed by atoms with E-state index in [-0.39, 0.29) is 11.5 Å². The van der Waals surface area contributed by atoms with Gasteiger partial charge in [-0.15, -0.1) is 0 Å². The maximum absolute atomic E-state index is 12.4. The summed E-state index contributed by atoms with van der Waals surface area (Å²) < 4.78 is 6.31. The standard InChI is InChI=1S/C15H8BrClO2/c16-11-6-2-1-5-10(11)14(18)13-8-9-4-3-7-12(17)15(9)19-13/h1-8H. The average Bonchev–Trinajstić information content (AvgIpc) is 2.84. The molecule has 0 fully saturated rings. The quantitative estimate of drug-likeness (QED) is 0.611. The molecule has 0 radical (unpaired) electrons. The molecule has 4 heteroatoms. The molecule has 0 atom stereocenters. The largest absolute Gasteiger partial charge is 0.451 e. The number of para-hydroxylation sites is 1. The minimum absolute atomic E-state index is 0.167. The zero-order valence-electron chi connectivity index (χ0n) is 9.69. The first kappa shape index (κ1) is 12.5. The number of rotatable bonds is 2. The van der Waals surface area contributed by atoms with E-state index >= 15 is 0 Å². The number of fused-ring (bicyclic) bond motifs is 1. The molecule has 0 aliphatic heterocycles. The van der Waals surface area contributed by atoms with Crippen LogP contribution in [0.1, 0.15) is 16.1 Å². The van der Waals surface area contributed by atoms with Crippen LogP contribution in [-0.4, -0.2) is 5.78 Å². The van der Waals surface area contributed by atoms with E-state index in [4.69, 9.17) is 16.0 Å². The number of benzene rings is 2. The maximum Gasteiger partial charge on any atom is 0.229 e. The molecule has 0 saturated heterocycles. The number of ketones is 1. The van der Waals surface area contributed by atoms with Crippen LogP contribution in [0.5, 0.6) is 0 Å². The highest BCUT2D eigenvalue weighted by molar-refractivity contribution is 9.10. The topological polar surface area (TPSA) is 30.2 Å². The molecule has 0 N–H and O–H groups in total. The minimum Gasteiger partial charge on any atom is -0.451 e. The zero-order valence-corrected chi connectivity index (χ0v) is 12.0. The van der Waals surface area contributed by atoms with Gasteiger partial charge in [-0.25, -0.2) is 0 Å². The van der Waals surface area contributed by atoms with Crippen molar-refractivity contribution in [3.8, 4) is 0 Å². The van der Waals surface area contributed by atoms with Gasteiger partial charge in [0.2, 0.25) is 5.78 Å². The van der Waals surface area contributed by atoms with Crippen molar-refractivity contribution in [3.63, 3.8) is 0 Å². The predicted octanol–water partition coefficient (Wildman–Crippen LogP) is 5.08. The summed E-state index contributed by atoms with van der Waals surface area (Å²) in [5.74, 6) is 0.120. The van der Waals surface area contributed by atoms with E-state index in [2.05, 4.69) is 15.9 Å². The Hall–Kier alpha value is -1.58. The molecular weight excluding hydrogens is 328 g/mol. The van der Waals surface area contributed by atoms with Crippen molar-refractivity contribution in [2.45, 2.75) is 0 Å². The zero-order chi connectivity index (χ0) is 13.4. The van der Waals surface area contributed by atoms with Gasteiger partial charge >= 0.3 is 0 Å². The van der Waals surface area contributed by atoms with Gasteiger partial charge in [0.15, 0.2) is 11.3 Å². The van der Waals surface area contributed by atoms with Crippen molar-refractivity contribution in [2.75, 3.05) is 0 Å². The van der Waals surface area contributed by atoms with E-state index in [1.165, 1.54) is 0 Å². The van der Waals surface area contributed by atoms with E-state index in [0.29, 0.717) is 16.2 Å². The lowest BCUT2D eigenvalue weighted by atomic mass is 10.1. The summed E-state index contributed by atoms with van der Waals surface area (Å²) >= 11 is 9.40. The van der Waals surface area contributed by atoms with Gasteiger partial charge in [0.25, 0.3) is 0 Å². The van der Waals surface area contributed by atoms with Crippen molar-refractivity contribution in [1.29, 1.82) is 0 Å². The molecule has 1 heterocycles. The van der Waals surface area contributed by atoms with E-state index in [1.54, 1.807) is 18.2 Å². The van der Waals surface area contributed by atoms with Crippen molar-refractivity contribution in [2.24, 2.45) is 0 Å². The first-order valence-electron chi connectivity index (χ1n) is 5.64. The normalized spacial score (nSPS) is 10.8.